The third-order valence-electron chi connectivity index (χ3n) is 7.06. The van der Waals surface area contributed by atoms with Crippen LogP contribution in [0.4, 0.5) is 0 Å². The molecule has 166 valence electrons. The largest absolute Gasteiger partial charge is 0.350 e. The molecular formula is C26H23BrN4O2. The average molecular weight is 503 g/mol. The minimum atomic E-state index is -0.349. The van der Waals surface area contributed by atoms with Crippen LogP contribution in [0.2, 0.25) is 0 Å². The van der Waals surface area contributed by atoms with E-state index in [1.54, 1.807) is 0 Å². The lowest BCUT2D eigenvalue weighted by molar-refractivity contribution is -0.122. The maximum Gasteiger partial charge on any atom is 0.259 e. The molecule has 0 saturated heterocycles. The Hall–Kier alpha value is -3.16. The van der Waals surface area contributed by atoms with Crippen LogP contribution < -0.4 is 11.1 Å². The van der Waals surface area contributed by atoms with Gasteiger partial charge in [0.25, 0.3) is 11.8 Å². The van der Waals surface area contributed by atoms with Crippen molar-refractivity contribution in [3.05, 3.63) is 70.0 Å². The molecule has 4 aromatic rings. The highest BCUT2D eigenvalue weighted by Gasteiger charge is 2.38. The highest BCUT2D eigenvalue weighted by molar-refractivity contribution is 9.10. The zero-order valence-electron chi connectivity index (χ0n) is 18.2. The second kappa shape index (κ2) is 7.43. The van der Waals surface area contributed by atoms with Crippen LogP contribution in [-0.2, 0) is 29.6 Å². The van der Waals surface area contributed by atoms with Crippen LogP contribution in [0.1, 0.15) is 23.2 Å². The maximum atomic E-state index is 13.3. The van der Waals surface area contributed by atoms with Crippen LogP contribution in [0, 0.1) is 5.92 Å². The monoisotopic (exact) mass is 502 g/mol. The molecule has 0 spiro atoms. The fraction of sp³-hybridized carbons (Fsp3) is 0.231. The van der Waals surface area contributed by atoms with Gasteiger partial charge in [0.1, 0.15) is 0 Å². The fourth-order valence-corrected chi connectivity index (χ4v) is 5.87. The molecule has 33 heavy (non-hydrogen) atoms. The lowest BCUT2D eigenvalue weighted by Gasteiger charge is -2.24. The number of imide groups is 1. The van der Waals surface area contributed by atoms with E-state index >= 15 is 0 Å². The quantitative estimate of drug-likeness (QED) is 0.415. The first kappa shape index (κ1) is 20.4. The first-order valence-corrected chi connectivity index (χ1v) is 11.9. The van der Waals surface area contributed by atoms with Crippen molar-refractivity contribution >= 4 is 60.7 Å². The Kier molecular flexibility index (Phi) is 4.61. The Bertz CT molecular complexity index is 1520. The van der Waals surface area contributed by atoms with E-state index in [4.69, 9.17) is 5.73 Å². The van der Waals surface area contributed by atoms with Gasteiger partial charge < -0.3 is 14.9 Å². The summed E-state index contributed by atoms with van der Waals surface area (Å²) in [5.74, 6) is -0.327. The standard InChI is InChI=1S/C26H23BrN4O2/c1-30-13-18(17-11-15(27)6-7-19(17)30)23-24(26(33)29-25(23)32)22-16-4-2-3-5-20(16)31-9-8-14(12-28)10-21(22)31/h2-7,11,13-14H,8-10,12,28H2,1H3,(H,29,32,33). The second-order valence-corrected chi connectivity index (χ2v) is 9.85. The third-order valence-corrected chi connectivity index (χ3v) is 7.55. The molecule has 1 atom stereocenters. The highest BCUT2D eigenvalue weighted by atomic mass is 79.9. The Labute approximate surface area is 199 Å². The molecule has 2 aliphatic rings. The Morgan fingerprint density at radius 1 is 1.06 bits per heavy atom. The minimum Gasteiger partial charge on any atom is -0.350 e. The van der Waals surface area contributed by atoms with Gasteiger partial charge in [-0.1, -0.05) is 34.1 Å². The molecule has 0 fully saturated rings. The van der Waals surface area contributed by atoms with Crippen LogP contribution >= 0.6 is 15.9 Å². The Balaban J connectivity index is 1.71. The van der Waals surface area contributed by atoms with Gasteiger partial charge in [-0.3, -0.25) is 14.9 Å². The molecule has 4 heterocycles. The number of benzene rings is 2. The number of hydrogen-bond acceptors (Lipinski definition) is 3. The molecule has 2 aliphatic heterocycles. The molecule has 0 bridgehead atoms. The molecule has 7 heteroatoms. The summed E-state index contributed by atoms with van der Waals surface area (Å²) >= 11 is 3.55. The first-order chi connectivity index (χ1) is 16.0. The second-order valence-electron chi connectivity index (χ2n) is 8.93. The van der Waals surface area contributed by atoms with Crippen LogP contribution in [-0.4, -0.2) is 27.5 Å². The minimum absolute atomic E-state index is 0.337. The number of amides is 2. The van der Waals surface area contributed by atoms with E-state index < -0.39 is 0 Å². The van der Waals surface area contributed by atoms with Crippen LogP contribution in [0.3, 0.4) is 0 Å². The van der Waals surface area contributed by atoms with Gasteiger partial charge >= 0.3 is 0 Å². The summed E-state index contributed by atoms with van der Waals surface area (Å²) in [5.41, 5.74) is 11.8. The maximum absolute atomic E-state index is 13.3. The van der Waals surface area contributed by atoms with E-state index in [9.17, 15) is 9.59 Å². The Morgan fingerprint density at radius 3 is 2.67 bits per heavy atom. The van der Waals surface area contributed by atoms with Crippen molar-refractivity contribution in [3.8, 4) is 0 Å². The van der Waals surface area contributed by atoms with Gasteiger partial charge in [-0.15, -0.1) is 0 Å². The lowest BCUT2D eigenvalue weighted by Crippen LogP contribution is -2.26. The number of halogens is 1. The van der Waals surface area contributed by atoms with E-state index in [1.165, 1.54) is 0 Å². The van der Waals surface area contributed by atoms with Gasteiger partial charge in [0.2, 0.25) is 0 Å². The van der Waals surface area contributed by atoms with Crippen molar-refractivity contribution < 1.29 is 9.59 Å². The number of hydrogen-bond donors (Lipinski definition) is 2. The highest BCUT2D eigenvalue weighted by Crippen LogP contribution is 2.43. The number of fused-ring (bicyclic) bond motifs is 4. The summed E-state index contributed by atoms with van der Waals surface area (Å²) < 4.78 is 5.22. The molecule has 0 radical (unpaired) electrons. The number of nitrogens with zero attached hydrogens (tertiary/aromatic N) is 2. The van der Waals surface area contributed by atoms with Gasteiger partial charge in [0, 0.05) is 62.9 Å². The molecule has 6 rings (SSSR count). The van der Waals surface area contributed by atoms with Crippen LogP contribution in [0.5, 0.6) is 0 Å². The lowest BCUT2D eigenvalue weighted by atomic mass is 9.89. The van der Waals surface area contributed by atoms with Crippen LogP contribution in [0.15, 0.2) is 53.1 Å². The number of carbonyl (C=O) groups is 2. The van der Waals surface area contributed by atoms with Crippen molar-refractivity contribution in [1.29, 1.82) is 0 Å². The average Bonchev–Trinajstić information content (AvgIpc) is 3.41. The number of aromatic nitrogens is 2. The topological polar surface area (TPSA) is 82.0 Å². The van der Waals surface area contributed by atoms with E-state index in [2.05, 4.69) is 31.9 Å². The number of nitrogens with two attached hydrogens (primary N) is 1. The van der Waals surface area contributed by atoms with E-state index in [0.29, 0.717) is 23.6 Å². The van der Waals surface area contributed by atoms with E-state index in [0.717, 1.165) is 62.5 Å². The zero-order valence-corrected chi connectivity index (χ0v) is 19.8. The smallest absolute Gasteiger partial charge is 0.259 e. The van der Waals surface area contributed by atoms with Crippen molar-refractivity contribution in [2.24, 2.45) is 18.7 Å². The number of nitrogens with one attached hydrogen (secondary N) is 1. The molecular weight excluding hydrogens is 480 g/mol. The molecule has 2 aromatic heterocycles. The van der Waals surface area contributed by atoms with Gasteiger partial charge in [-0.2, -0.15) is 0 Å². The predicted octanol–water partition coefficient (Wildman–Crippen LogP) is 3.98. The molecule has 0 aliphatic carbocycles. The molecule has 1 unspecified atom stereocenters. The van der Waals surface area contributed by atoms with E-state index in [-0.39, 0.29) is 11.8 Å². The SMILES string of the molecule is Cn1cc(C2=C(c3c4n(c5ccccc35)CCC(CN)C4)C(=O)NC2=O)c2cc(Br)ccc21. The summed E-state index contributed by atoms with van der Waals surface area (Å²) in [5, 5.41) is 4.52. The molecule has 2 aromatic carbocycles. The van der Waals surface area contributed by atoms with Crippen LogP contribution in [0.25, 0.3) is 33.0 Å². The third kappa shape index (κ3) is 2.96. The first-order valence-electron chi connectivity index (χ1n) is 11.1. The van der Waals surface area contributed by atoms with Gasteiger partial charge in [0.05, 0.1) is 11.1 Å². The summed E-state index contributed by atoms with van der Waals surface area (Å²) in [6.45, 7) is 1.46. The molecule has 0 saturated carbocycles. The van der Waals surface area contributed by atoms with Crippen molar-refractivity contribution in [1.82, 2.24) is 14.5 Å². The summed E-state index contributed by atoms with van der Waals surface area (Å²) in [4.78, 5) is 26.5. The number of rotatable bonds is 3. The fourth-order valence-electron chi connectivity index (χ4n) is 5.51. The summed E-state index contributed by atoms with van der Waals surface area (Å²) in [7, 11) is 1.95. The van der Waals surface area contributed by atoms with Crippen molar-refractivity contribution in [3.63, 3.8) is 0 Å². The summed E-state index contributed by atoms with van der Waals surface area (Å²) in [6, 6.07) is 14.1. The number of carbonyl (C=O) groups excluding carboxylic acids is 2. The molecule has 3 N–H and O–H groups in total. The Morgan fingerprint density at radius 2 is 1.85 bits per heavy atom. The van der Waals surface area contributed by atoms with Gasteiger partial charge in [-0.05, 0) is 49.6 Å². The number of para-hydroxylation sites is 1. The van der Waals surface area contributed by atoms with Gasteiger partial charge in [0.15, 0.2) is 0 Å². The van der Waals surface area contributed by atoms with E-state index in [1.807, 2.05) is 54.2 Å². The normalized spacial score (nSPS) is 18.5. The predicted molar refractivity (Wildman–Crippen MR) is 133 cm³/mol. The molecule has 6 nitrogen and oxygen atoms in total. The summed E-state index contributed by atoms with van der Waals surface area (Å²) in [6.07, 6.45) is 3.74. The molecule has 2 amide bonds. The zero-order chi connectivity index (χ0) is 22.9. The van der Waals surface area contributed by atoms with Gasteiger partial charge in [-0.25, -0.2) is 0 Å². The van der Waals surface area contributed by atoms with Crippen molar-refractivity contribution in [2.45, 2.75) is 19.4 Å². The van der Waals surface area contributed by atoms with Crippen molar-refractivity contribution in [2.75, 3.05) is 6.54 Å². The number of aryl methyl sites for hydroxylation is 2.